The van der Waals surface area contributed by atoms with E-state index in [1.165, 1.54) is 0 Å². The zero-order chi connectivity index (χ0) is 24.1. The molecule has 0 aliphatic heterocycles. The fourth-order valence-corrected chi connectivity index (χ4v) is 4.24. The van der Waals surface area contributed by atoms with E-state index >= 15 is 0 Å². The highest BCUT2D eigenvalue weighted by Gasteiger charge is 2.17. The zero-order valence-corrected chi connectivity index (χ0v) is 20.5. The molecular formula is C28H29N3O2S. The summed E-state index contributed by atoms with van der Waals surface area (Å²) in [6, 6.07) is 26.1. The van der Waals surface area contributed by atoms with E-state index in [4.69, 9.17) is 17.0 Å². The number of ether oxygens (including phenoxy) is 1. The fourth-order valence-electron chi connectivity index (χ4n) is 3.94. The summed E-state index contributed by atoms with van der Waals surface area (Å²) in [5, 5.41) is 5.04. The number of fused-ring (bicyclic) bond motifs is 1. The maximum atomic E-state index is 12.9. The second kappa shape index (κ2) is 10.5. The Morgan fingerprint density at radius 2 is 1.76 bits per heavy atom. The lowest BCUT2D eigenvalue weighted by Crippen LogP contribution is -2.41. The van der Waals surface area contributed by atoms with Crippen LogP contribution in [0.3, 0.4) is 0 Å². The number of benzene rings is 3. The molecule has 5 nitrogen and oxygen atoms in total. The maximum absolute atomic E-state index is 12.9. The highest BCUT2D eigenvalue weighted by atomic mass is 32.1. The molecule has 6 heteroatoms. The van der Waals surface area contributed by atoms with Crippen molar-refractivity contribution in [3.8, 4) is 5.75 Å². The molecule has 0 saturated carbocycles. The average molecular weight is 472 g/mol. The van der Waals surface area contributed by atoms with Gasteiger partial charge in [-0.2, -0.15) is 0 Å². The number of hydrogen-bond acceptors (Lipinski definition) is 3. The fraction of sp³-hybridized carbons (Fsp3) is 0.214. The van der Waals surface area contributed by atoms with Crippen LogP contribution in [-0.2, 0) is 13.1 Å². The molecule has 174 valence electrons. The number of nitrogens with one attached hydrogen (secondary N) is 2. The van der Waals surface area contributed by atoms with E-state index < -0.39 is 0 Å². The first-order chi connectivity index (χ1) is 16.4. The molecule has 2 N–H and O–H groups in total. The van der Waals surface area contributed by atoms with Crippen LogP contribution in [0.2, 0.25) is 0 Å². The third-order valence-corrected chi connectivity index (χ3v) is 6.27. The largest absolute Gasteiger partial charge is 0.497 e. The standard InChI is InChI=1S/C28H29N3O2S/c1-19-9-12-23-16-24(27(32)30-26(23)15-19)18-31(17-21-10-13-25(33-3)14-11-21)28(34)29-20(2)22-7-5-4-6-8-22/h4-16,20H,17-18H2,1-3H3,(H,29,34)(H,30,32). The van der Waals surface area contributed by atoms with E-state index in [1.54, 1.807) is 7.11 Å². The topological polar surface area (TPSA) is 57.4 Å². The van der Waals surface area contributed by atoms with Gasteiger partial charge in [0.2, 0.25) is 0 Å². The van der Waals surface area contributed by atoms with Crippen LogP contribution in [0.15, 0.2) is 83.7 Å². The van der Waals surface area contributed by atoms with Gasteiger partial charge in [0.15, 0.2) is 5.11 Å². The number of methoxy groups -OCH3 is 1. The molecular weight excluding hydrogens is 442 g/mol. The molecule has 1 unspecified atom stereocenters. The number of thiocarbonyl (C=S) groups is 1. The molecule has 0 aliphatic rings. The van der Waals surface area contributed by atoms with Gasteiger partial charge in [0.05, 0.1) is 19.7 Å². The Hall–Kier alpha value is -3.64. The first-order valence-corrected chi connectivity index (χ1v) is 11.7. The Kier molecular flexibility index (Phi) is 7.28. The predicted octanol–water partition coefficient (Wildman–Crippen LogP) is 5.48. The van der Waals surface area contributed by atoms with E-state index in [1.807, 2.05) is 78.6 Å². The van der Waals surface area contributed by atoms with Crippen LogP contribution in [0.4, 0.5) is 0 Å². The number of rotatable bonds is 7. The van der Waals surface area contributed by atoms with Crippen molar-refractivity contribution >= 4 is 28.2 Å². The van der Waals surface area contributed by atoms with Crippen LogP contribution in [0, 0.1) is 6.92 Å². The van der Waals surface area contributed by atoms with E-state index in [-0.39, 0.29) is 11.6 Å². The molecule has 0 saturated heterocycles. The van der Waals surface area contributed by atoms with Crippen molar-refractivity contribution in [2.75, 3.05) is 7.11 Å². The van der Waals surface area contributed by atoms with Gasteiger partial charge in [-0.1, -0.05) is 54.6 Å². The Bertz CT molecular complexity index is 1330. The minimum Gasteiger partial charge on any atom is -0.497 e. The molecule has 1 atom stereocenters. The Labute approximate surface area is 205 Å². The van der Waals surface area contributed by atoms with Crippen molar-refractivity contribution in [3.05, 3.63) is 111 Å². The van der Waals surface area contributed by atoms with Crippen molar-refractivity contribution < 1.29 is 4.74 Å². The normalized spacial score (nSPS) is 11.7. The smallest absolute Gasteiger partial charge is 0.253 e. The minimum atomic E-state index is -0.100. The number of hydrogen-bond donors (Lipinski definition) is 2. The van der Waals surface area contributed by atoms with Gasteiger partial charge in [0.1, 0.15) is 5.75 Å². The zero-order valence-electron chi connectivity index (χ0n) is 19.7. The predicted molar refractivity (Wildman–Crippen MR) is 142 cm³/mol. The Morgan fingerprint density at radius 3 is 2.47 bits per heavy atom. The maximum Gasteiger partial charge on any atom is 0.253 e. The molecule has 0 radical (unpaired) electrons. The molecule has 4 aromatic rings. The minimum absolute atomic E-state index is 0.0323. The third kappa shape index (κ3) is 5.64. The van der Waals surface area contributed by atoms with Crippen molar-refractivity contribution in [1.82, 2.24) is 15.2 Å². The number of aromatic amines is 1. The molecule has 34 heavy (non-hydrogen) atoms. The summed E-state index contributed by atoms with van der Waals surface area (Å²) in [6.07, 6.45) is 0. The summed E-state index contributed by atoms with van der Waals surface area (Å²) < 4.78 is 5.29. The first-order valence-electron chi connectivity index (χ1n) is 11.3. The van der Waals surface area contributed by atoms with Gasteiger partial charge in [0, 0.05) is 17.6 Å². The quantitative estimate of drug-likeness (QED) is 0.350. The lowest BCUT2D eigenvalue weighted by Gasteiger charge is -2.28. The summed E-state index contributed by atoms with van der Waals surface area (Å²) in [7, 11) is 1.65. The average Bonchev–Trinajstić information content (AvgIpc) is 2.85. The van der Waals surface area contributed by atoms with E-state index in [2.05, 4.69) is 29.4 Å². The number of pyridine rings is 1. The van der Waals surface area contributed by atoms with Crippen molar-refractivity contribution in [1.29, 1.82) is 0 Å². The highest BCUT2D eigenvalue weighted by Crippen LogP contribution is 2.18. The first kappa shape index (κ1) is 23.5. The van der Waals surface area contributed by atoms with Crippen molar-refractivity contribution in [2.24, 2.45) is 0 Å². The molecule has 3 aromatic carbocycles. The summed E-state index contributed by atoms with van der Waals surface area (Å²) in [5.74, 6) is 0.801. The van der Waals surface area contributed by atoms with Crippen LogP contribution >= 0.6 is 12.2 Å². The van der Waals surface area contributed by atoms with Gasteiger partial charge in [-0.25, -0.2) is 0 Å². The second-order valence-corrected chi connectivity index (χ2v) is 8.89. The number of H-pyrrole nitrogens is 1. The SMILES string of the molecule is COc1ccc(CN(Cc2cc3ccc(C)cc3[nH]c2=O)C(=S)NC(C)c2ccccc2)cc1. The summed E-state index contributed by atoms with van der Waals surface area (Å²) in [4.78, 5) is 18.0. The Balaban J connectivity index is 1.61. The molecule has 4 rings (SSSR count). The monoisotopic (exact) mass is 471 g/mol. The van der Waals surface area contributed by atoms with E-state index in [0.29, 0.717) is 23.8 Å². The van der Waals surface area contributed by atoms with Crippen molar-refractivity contribution in [3.63, 3.8) is 0 Å². The van der Waals surface area contributed by atoms with Crippen LogP contribution in [0.5, 0.6) is 5.75 Å². The van der Waals surface area contributed by atoms with Crippen LogP contribution in [-0.4, -0.2) is 22.1 Å². The number of aromatic nitrogens is 1. The van der Waals surface area contributed by atoms with Gasteiger partial charge in [-0.05, 0) is 72.4 Å². The van der Waals surface area contributed by atoms with Crippen LogP contribution < -0.4 is 15.6 Å². The molecule has 0 bridgehead atoms. The van der Waals surface area contributed by atoms with E-state index in [0.717, 1.165) is 33.3 Å². The molecule has 0 aliphatic carbocycles. The Morgan fingerprint density at radius 1 is 1.03 bits per heavy atom. The van der Waals surface area contributed by atoms with Gasteiger partial charge in [-0.15, -0.1) is 0 Å². The molecule has 0 spiro atoms. The third-order valence-electron chi connectivity index (χ3n) is 5.90. The van der Waals surface area contributed by atoms with Gasteiger partial charge < -0.3 is 19.9 Å². The van der Waals surface area contributed by atoms with Crippen LogP contribution in [0.1, 0.15) is 35.2 Å². The summed E-state index contributed by atoms with van der Waals surface area (Å²) in [6.45, 7) is 5.04. The molecule has 1 heterocycles. The summed E-state index contributed by atoms with van der Waals surface area (Å²) in [5.41, 5.74) is 4.74. The van der Waals surface area contributed by atoms with Gasteiger partial charge >= 0.3 is 0 Å². The van der Waals surface area contributed by atoms with Crippen molar-refractivity contribution in [2.45, 2.75) is 33.0 Å². The van der Waals surface area contributed by atoms with E-state index in [9.17, 15) is 4.79 Å². The lowest BCUT2D eigenvalue weighted by molar-refractivity contribution is 0.390. The molecule has 0 amide bonds. The highest BCUT2D eigenvalue weighted by molar-refractivity contribution is 7.80. The van der Waals surface area contributed by atoms with Gasteiger partial charge in [-0.3, -0.25) is 4.79 Å². The molecule has 0 fully saturated rings. The van der Waals surface area contributed by atoms with Crippen LogP contribution in [0.25, 0.3) is 10.9 Å². The number of nitrogens with zero attached hydrogens (tertiary/aromatic N) is 1. The lowest BCUT2D eigenvalue weighted by atomic mass is 10.1. The molecule has 1 aromatic heterocycles. The summed E-state index contributed by atoms with van der Waals surface area (Å²) >= 11 is 5.83. The second-order valence-electron chi connectivity index (χ2n) is 8.50. The van der Waals surface area contributed by atoms with Gasteiger partial charge in [0.25, 0.3) is 5.56 Å². The number of aryl methyl sites for hydroxylation is 1.